The molecule has 0 amide bonds. The predicted molar refractivity (Wildman–Crippen MR) is 78.8 cm³/mol. The smallest absolute Gasteiger partial charge is 0.0620 e. The normalized spacial score (nSPS) is 24.9. The summed E-state index contributed by atoms with van der Waals surface area (Å²) in [6.45, 7) is 6.30. The van der Waals surface area contributed by atoms with Crippen molar-refractivity contribution in [2.75, 3.05) is 31.2 Å². The number of rotatable bonds is 3. The fourth-order valence-corrected chi connectivity index (χ4v) is 3.06. The van der Waals surface area contributed by atoms with E-state index in [2.05, 4.69) is 41.4 Å². The molecule has 0 radical (unpaired) electrons. The van der Waals surface area contributed by atoms with E-state index in [9.17, 15) is 0 Å². The molecule has 0 aromatic heterocycles. The van der Waals surface area contributed by atoms with Crippen molar-refractivity contribution < 1.29 is 4.74 Å². The minimum absolute atomic E-state index is 0.593. The Labute approximate surface area is 115 Å². The third-order valence-corrected chi connectivity index (χ3v) is 4.30. The van der Waals surface area contributed by atoms with Crippen LogP contribution in [-0.2, 0) is 4.74 Å². The highest BCUT2D eigenvalue weighted by atomic mass is 16.5. The van der Waals surface area contributed by atoms with Gasteiger partial charge in [0.1, 0.15) is 0 Å². The molecule has 19 heavy (non-hydrogen) atoms. The monoisotopic (exact) mass is 260 g/mol. The zero-order valence-electron chi connectivity index (χ0n) is 11.8. The summed E-state index contributed by atoms with van der Waals surface area (Å²) < 4.78 is 5.43. The first-order valence-corrected chi connectivity index (χ1v) is 7.47. The average Bonchev–Trinajstić information content (AvgIpc) is 2.94. The number of nitrogens with zero attached hydrogens (tertiary/aromatic N) is 1. The van der Waals surface area contributed by atoms with Crippen molar-refractivity contribution >= 4 is 5.69 Å². The Morgan fingerprint density at radius 2 is 1.79 bits per heavy atom. The molecule has 2 aliphatic rings. The van der Waals surface area contributed by atoms with Gasteiger partial charge in [-0.25, -0.2) is 0 Å². The quantitative estimate of drug-likeness (QED) is 0.903. The lowest BCUT2D eigenvalue weighted by atomic mass is 10.0. The first-order valence-electron chi connectivity index (χ1n) is 7.47. The van der Waals surface area contributed by atoms with E-state index in [0.29, 0.717) is 12.1 Å². The molecule has 3 heteroatoms. The molecule has 2 heterocycles. The van der Waals surface area contributed by atoms with Crippen molar-refractivity contribution in [1.82, 2.24) is 5.32 Å². The van der Waals surface area contributed by atoms with E-state index in [1.165, 1.54) is 30.5 Å². The van der Waals surface area contributed by atoms with Crippen LogP contribution in [-0.4, -0.2) is 38.4 Å². The average molecular weight is 260 g/mol. The van der Waals surface area contributed by atoms with E-state index in [1.807, 2.05) is 0 Å². The first kappa shape index (κ1) is 12.9. The maximum atomic E-state index is 5.43. The van der Waals surface area contributed by atoms with E-state index in [-0.39, 0.29) is 0 Å². The number of aryl methyl sites for hydroxylation is 1. The molecule has 0 spiro atoms. The lowest BCUT2D eigenvalue weighted by molar-refractivity contribution is 0.186. The van der Waals surface area contributed by atoms with Crippen molar-refractivity contribution in [2.45, 2.75) is 38.3 Å². The molecular weight excluding hydrogens is 236 g/mol. The second-order valence-corrected chi connectivity index (χ2v) is 5.82. The zero-order valence-corrected chi connectivity index (χ0v) is 11.8. The van der Waals surface area contributed by atoms with Crippen LogP contribution in [0.2, 0.25) is 0 Å². The molecule has 104 valence electrons. The van der Waals surface area contributed by atoms with Crippen LogP contribution in [0.1, 0.15) is 24.8 Å². The van der Waals surface area contributed by atoms with Crippen LogP contribution >= 0.6 is 0 Å². The van der Waals surface area contributed by atoms with Crippen molar-refractivity contribution in [3.63, 3.8) is 0 Å². The Hall–Kier alpha value is -1.06. The van der Waals surface area contributed by atoms with Gasteiger partial charge >= 0.3 is 0 Å². The fourth-order valence-electron chi connectivity index (χ4n) is 3.06. The lowest BCUT2D eigenvalue weighted by Crippen LogP contribution is -2.46. The Morgan fingerprint density at radius 1 is 1.05 bits per heavy atom. The van der Waals surface area contributed by atoms with Gasteiger partial charge in [-0.1, -0.05) is 17.7 Å². The van der Waals surface area contributed by atoms with Crippen LogP contribution in [0.5, 0.6) is 0 Å². The van der Waals surface area contributed by atoms with E-state index in [0.717, 1.165) is 26.3 Å². The highest BCUT2D eigenvalue weighted by Crippen LogP contribution is 2.21. The Kier molecular flexibility index (Phi) is 4.04. The lowest BCUT2D eigenvalue weighted by Gasteiger charge is -2.35. The molecule has 2 fully saturated rings. The van der Waals surface area contributed by atoms with Crippen molar-refractivity contribution in [2.24, 2.45) is 0 Å². The molecule has 0 saturated carbocycles. The third-order valence-electron chi connectivity index (χ3n) is 4.30. The Bertz CT molecular complexity index is 390. The summed E-state index contributed by atoms with van der Waals surface area (Å²) in [5.74, 6) is 0. The molecule has 2 saturated heterocycles. The van der Waals surface area contributed by atoms with Gasteiger partial charge in [-0.3, -0.25) is 0 Å². The maximum absolute atomic E-state index is 5.43. The summed E-state index contributed by atoms with van der Waals surface area (Å²) in [5, 5.41) is 3.75. The predicted octanol–water partition coefficient (Wildman–Crippen LogP) is 2.34. The summed E-state index contributed by atoms with van der Waals surface area (Å²) in [4.78, 5) is 2.50. The summed E-state index contributed by atoms with van der Waals surface area (Å²) in [5.41, 5.74) is 2.70. The molecule has 1 aromatic rings. The second-order valence-electron chi connectivity index (χ2n) is 5.82. The second kappa shape index (κ2) is 5.93. The Balaban J connectivity index is 1.50. The van der Waals surface area contributed by atoms with Crippen LogP contribution in [0.4, 0.5) is 5.69 Å². The topological polar surface area (TPSA) is 24.5 Å². The van der Waals surface area contributed by atoms with Crippen LogP contribution in [0.15, 0.2) is 24.3 Å². The molecule has 1 atom stereocenters. The van der Waals surface area contributed by atoms with Crippen molar-refractivity contribution in [3.8, 4) is 0 Å². The van der Waals surface area contributed by atoms with Gasteiger partial charge < -0.3 is 15.0 Å². The molecule has 2 aliphatic heterocycles. The fraction of sp³-hybridized carbons (Fsp3) is 0.625. The van der Waals surface area contributed by atoms with Gasteiger partial charge in [-0.15, -0.1) is 0 Å². The third kappa shape index (κ3) is 3.28. The number of nitrogens with one attached hydrogen (secondary N) is 1. The summed E-state index contributed by atoms with van der Waals surface area (Å²) in [6.07, 6.45) is 3.66. The standard InChI is InChI=1S/C16H24N2O/c1-13-2-4-16(5-3-13)18-9-6-14(7-10-18)17-15-8-11-19-12-15/h2-5,14-15,17H,6-12H2,1H3. The van der Waals surface area contributed by atoms with E-state index in [1.54, 1.807) is 0 Å². The van der Waals surface area contributed by atoms with Crippen LogP contribution < -0.4 is 10.2 Å². The number of piperidine rings is 1. The maximum Gasteiger partial charge on any atom is 0.0620 e. The van der Waals surface area contributed by atoms with Gasteiger partial charge in [0.2, 0.25) is 0 Å². The molecule has 3 rings (SSSR count). The number of hydrogen-bond acceptors (Lipinski definition) is 3. The van der Waals surface area contributed by atoms with Gasteiger partial charge in [0, 0.05) is 37.5 Å². The number of hydrogen-bond donors (Lipinski definition) is 1. The zero-order chi connectivity index (χ0) is 13.1. The van der Waals surface area contributed by atoms with Crippen molar-refractivity contribution in [3.05, 3.63) is 29.8 Å². The van der Waals surface area contributed by atoms with Gasteiger partial charge in [0.05, 0.1) is 6.61 Å². The number of ether oxygens (including phenoxy) is 1. The van der Waals surface area contributed by atoms with Crippen LogP contribution in [0, 0.1) is 6.92 Å². The molecule has 0 aliphatic carbocycles. The van der Waals surface area contributed by atoms with Crippen LogP contribution in [0.25, 0.3) is 0 Å². The molecular formula is C16H24N2O. The summed E-state index contributed by atoms with van der Waals surface area (Å²) in [6, 6.07) is 10.2. The number of benzene rings is 1. The molecule has 3 nitrogen and oxygen atoms in total. The van der Waals surface area contributed by atoms with Gasteiger partial charge in [0.25, 0.3) is 0 Å². The Morgan fingerprint density at radius 3 is 2.42 bits per heavy atom. The highest BCUT2D eigenvalue weighted by molar-refractivity contribution is 5.47. The minimum Gasteiger partial charge on any atom is -0.380 e. The van der Waals surface area contributed by atoms with E-state index >= 15 is 0 Å². The number of anilines is 1. The minimum atomic E-state index is 0.593. The van der Waals surface area contributed by atoms with E-state index < -0.39 is 0 Å². The molecule has 0 bridgehead atoms. The molecule has 1 N–H and O–H groups in total. The van der Waals surface area contributed by atoms with Crippen LogP contribution in [0.3, 0.4) is 0 Å². The van der Waals surface area contributed by atoms with Crippen molar-refractivity contribution in [1.29, 1.82) is 0 Å². The summed E-state index contributed by atoms with van der Waals surface area (Å²) in [7, 11) is 0. The largest absolute Gasteiger partial charge is 0.380 e. The van der Waals surface area contributed by atoms with E-state index in [4.69, 9.17) is 4.74 Å². The molecule has 1 unspecified atom stereocenters. The van der Waals surface area contributed by atoms with Gasteiger partial charge in [0.15, 0.2) is 0 Å². The first-order chi connectivity index (χ1) is 9.31. The van der Waals surface area contributed by atoms with Gasteiger partial charge in [-0.2, -0.15) is 0 Å². The summed E-state index contributed by atoms with van der Waals surface area (Å²) >= 11 is 0. The molecule has 1 aromatic carbocycles. The van der Waals surface area contributed by atoms with Gasteiger partial charge in [-0.05, 0) is 38.3 Å². The SMILES string of the molecule is Cc1ccc(N2CCC(NC3CCOC3)CC2)cc1. The highest BCUT2D eigenvalue weighted by Gasteiger charge is 2.23.